The summed E-state index contributed by atoms with van der Waals surface area (Å²) in [6.07, 6.45) is 0.693. The molecule has 17 heavy (non-hydrogen) atoms. The molecule has 0 aliphatic carbocycles. The Morgan fingerprint density at radius 2 is 1.94 bits per heavy atom. The summed E-state index contributed by atoms with van der Waals surface area (Å²) in [5.74, 6) is 0.280. The highest BCUT2D eigenvalue weighted by molar-refractivity contribution is 6.74. The Labute approximate surface area is 107 Å². The molecule has 0 radical (unpaired) electrons. The molecule has 0 aromatic carbocycles. The zero-order valence-electron chi connectivity index (χ0n) is 12.3. The van der Waals surface area contributed by atoms with Crippen LogP contribution < -0.4 is 0 Å². The third kappa shape index (κ3) is 4.05. The van der Waals surface area contributed by atoms with Crippen molar-refractivity contribution in [3.05, 3.63) is 0 Å². The number of rotatable bonds is 3. The van der Waals surface area contributed by atoms with E-state index in [1.54, 1.807) is 0 Å². The topological polar surface area (TPSA) is 32.7 Å². The molecule has 0 aromatic heterocycles. The summed E-state index contributed by atoms with van der Waals surface area (Å²) in [6.45, 7) is 14.0. The predicted octanol–water partition coefficient (Wildman–Crippen LogP) is 2.32. The van der Waals surface area contributed by atoms with Crippen molar-refractivity contribution in [3.8, 4) is 0 Å². The van der Waals surface area contributed by atoms with Gasteiger partial charge in [-0.15, -0.1) is 0 Å². The molecule has 0 spiro atoms. The summed E-state index contributed by atoms with van der Waals surface area (Å²) in [5.41, 5.74) is 0. The van der Waals surface area contributed by atoms with Crippen molar-refractivity contribution in [2.45, 2.75) is 51.4 Å². The third-order valence-corrected chi connectivity index (χ3v) is 8.86. The molecule has 1 aliphatic rings. The molecule has 2 atom stereocenters. The molecule has 1 N–H and O–H groups in total. The number of nitrogens with zero attached hydrogens (tertiary/aromatic N) is 1. The second-order valence-electron chi connectivity index (χ2n) is 6.95. The summed E-state index contributed by atoms with van der Waals surface area (Å²) in [7, 11) is 0.446. The highest BCUT2D eigenvalue weighted by Gasteiger charge is 2.38. The van der Waals surface area contributed by atoms with E-state index in [0.717, 1.165) is 19.5 Å². The van der Waals surface area contributed by atoms with Crippen LogP contribution in [0.2, 0.25) is 18.1 Å². The highest BCUT2D eigenvalue weighted by Crippen LogP contribution is 2.37. The van der Waals surface area contributed by atoms with Gasteiger partial charge in [-0.3, -0.25) is 0 Å². The lowest BCUT2D eigenvalue weighted by atomic mass is 9.96. The first kappa shape index (κ1) is 15.2. The monoisotopic (exact) mass is 259 g/mol. The van der Waals surface area contributed by atoms with Crippen molar-refractivity contribution in [2.75, 3.05) is 26.7 Å². The number of likely N-dealkylation sites (tertiary alicyclic amines) is 1. The van der Waals surface area contributed by atoms with Crippen LogP contribution in [0.3, 0.4) is 0 Å². The highest BCUT2D eigenvalue weighted by atomic mass is 28.4. The smallest absolute Gasteiger partial charge is 0.191 e. The molecule has 2 unspecified atom stereocenters. The molecule has 1 rings (SSSR count). The Hall–Kier alpha value is 0.0969. The minimum Gasteiger partial charge on any atom is -0.416 e. The van der Waals surface area contributed by atoms with Crippen LogP contribution in [0, 0.1) is 5.92 Å². The Kier molecular flexibility index (Phi) is 4.80. The van der Waals surface area contributed by atoms with Crippen LogP contribution in [0.4, 0.5) is 0 Å². The molecule has 0 amide bonds. The zero-order valence-corrected chi connectivity index (χ0v) is 13.3. The molecule has 4 heteroatoms. The Morgan fingerprint density at radius 3 is 2.47 bits per heavy atom. The van der Waals surface area contributed by atoms with E-state index in [9.17, 15) is 5.11 Å². The first-order valence-corrected chi connectivity index (χ1v) is 9.55. The molecular weight excluding hydrogens is 230 g/mol. The Balaban J connectivity index is 2.49. The average Bonchev–Trinajstić information content (AvgIpc) is 2.18. The minimum absolute atomic E-state index is 0.184. The Morgan fingerprint density at radius 1 is 1.35 bits per heavy atom. The van der Waals surface area contributed by atoms with E-state index in [4.69, 9.17) is 4.43 Å². The number of hydrogen-bond acceptors (Lipinski definition) is 3. The summed E-state index contributed by atoms with van der Waals surface area (Å²) in [5, 5.41) is 10.2. The summed E-state index contributed by atoms with van der Waals surface area (Å²) < 4.78 is 6.20. The number of piperidine rings is 1. The lowest BCUT2D eigenvalue weighted by Crippen LogP contribution is -2.47. The van der Waals surface area contributed by atoms with Crippen molar-refractivity contribution in [1.82, 2.24) is 4.90 Å². The molecule has 0 aromatic rings. The maximum atomic E-state index is 10.00. The predicted molar refractivity (Wildman–Crippen MR) is 74.8 cm³/mol. The van der Waals surface area contributed by atoms with E-state index < -0.39 is 8.32 Å². The maximum absolute atomic E-state index is 10.00. The number of aliphatic hydroxyl groups is 1. The van der Waals surface area contributed by atoms with E-state index >= 15 is 0 Å². The first-order valence-electron chi connectivity index (χ1n) is 6.64. The van der Waals surface area contributed by atoms with E-state index in [2.05, 4.69) is 45.8 Å². The van der Waals surface area contributed by atoms with Gasteiger partial charge in [0, 0.05) is 25.6 Å². The lowest BCUT2D eigenvalue weighted by molar-refractivity contribution is 0.0110. The SMILES string of the molecule is CN1CCC(O)C(CO[Si](C)(C)C(C)(C)C)C1. The van der Waals surface area contributed by atoms with Gasteiger partial charge < -0.3 is 14.4 Å². The molecule has 1 fully saturated rings. The number of aliphatic hydroxyl groups excluding tert-OH is 1. The zero-order chi connectivity index (χ0) is 13.3. The van der Waals surface area contributed by atoms with Gasteiger partial charge in [-0.25, -0.2) is 0 Å². The van der Waals surface area contributed by atoms with Gasteiger partial charge in [0.15, 0.2) is 8.32 Å². The molecule has 0 saturated carbocycles. The lowest BCUT2D eigenvalue weighted by Gasteiger charge is -2.40. The standard InChI is InChI=1S/C13H29NO2Si/c1-13(2,3)17(5,6)16-10-11-9-14(4)8-7-12(11)15/h11-12,15H,7-10H2,1-6H3. The third-order valence-electron chi connectivity index (χ3n) is 4.36. The molecule has 1 aliphatic heterocycles. The quantitative estimate of drug-likeness (QED) is 0.790. The van der Waals surface area contributed by atoms with Crippen LogP contribution in [0.5, 0.6) is 0 Å². The van der Waals surface area contributed by atoms with E-state index in [1.807, 2.05) is 0 Å². The first-order chi connectivity index (χ1) is 7.63. The van der Waals surface area contributed by atoms with Crippen LogP contribution in [-0.4, -0.2) is 51.2 Å². The minimum atomic E-state index is -1.67. The van der Waals surface area contributed by atoms with Gasteiger partial charge in [-0.1, -0.05) is 20.8 Å². The van der Waals surface area contributed by atoms with Gasteiger partial charge in [-0.05, 0) is 31.6 Å². The van der Waals surface area contributed by atoms with Crippen molar-refractivity contribution in [2.24, 2.45) is 5.92 Å². The van der Waals surface area contributed by atoms with Gasteiger partial charge in [0.25, 0.3) is 0 Å². The summed E-state index contributed by atoms with van der Waals surface area (Å²) in [6, 6.07) is 0. The van der Waals surface area contributed by atoms with E-state index in [1.165, 1.54) is 0 Å². The molecule has 0 bridgehead atoms. The second kappa shape index (κ2) is 5.39. The van der Waals surface area contributed by atoms with Crippen molar-refractivity contribution in [3.63, 3.8) is 0 Å². The van der Waals surface area contributed by atoms with Crippen LogP contribution in [0.15, 0.2) is 0 Å². The van der Waals surface area contributed by atoms with E-state index in [-0.39, 0.29) is 17.1 Å². The average molecular weight is 259 g/mol. The van der Waals surface area contributed by atoms with Gasteiger partial charge >= 0.3 is 0 Å². The largest absolute Gasteiger partial charge is 0.416 e. The summed E-state index contributed by atoms with van der Waals surface area (Å²) in [4.78, 5) is 2.28. The van der Waals surface area contributed by atoms with Crippen molar-refractivity contribution >= 4 is 8.32 Å². The maximum Gasteiger partial charge on any atom is 0.191 e. The van der Waals surface area contributed by atoms with Crippen molar-refractivity contribution in [1.29, 1.82) is 0 Å². The Bertz CT molecular complexity index is 250. The fourth-order valence-corrected chi connectivity index (χ4v) is 2.96. The van der Waals surface area contributed by atoms with Crippen LogP contribution in [0.1, 0.15) is 27.2 Å². The molecule has 3 nitrogen and oxygen atoms in total. The molecule has 1 saturated heterocycles. The molecule has 1 heterocycles. The van der Waals surface area contributed by atoms with Gasteiger partial charge in [0.2, 0.25) is 0 Å². The molecule has 102 valence electrons. The summed E-state index contributed by atoms with van der Waals surface area (Å²) >= 11 is 0. The second-order valence-corrected chi connectivity index (χ2v) is 11.8. The number of hydrogen-bond donors (Lipinski definition) is 1. The van der Waals surface area contributed by atoms with Gasteiger partial charge in [0.1, 0.15) is 0 Å². The van der Waals surface area contributed by atoms with Crippen LogP contribution in [-0.2, 0) is 4.43 Å². The van der Waals surface area contributed by atoms with Gasteiger partial charge in [0.05, 0.1) is 6.10 Å². The normalized spacial score (nSPS) is 28.4. The van der Waals surface area contributed by atoms with E-state index in [0.29, 0.717) is 6.61 Å². The molecular formula is C13H29NO2Si. The van der Waals surface area contributed by atoms with Crippen molar-refractivity contribution < 1.29 is 9.53 Å². The fraction of sp³-hybridized carbons (Fsp3) is 1.00. The fourth-order valence-electron chi connectivity index (χ4n) is 1.90. The van der Waals surface area contributed by atoms with Gasteiger partial charge in [-0.2, -0.15) is 0 Å². The van der Waals surface area contributed by atoms with Crippen LogP contribution >= 0.6 is 0 Å². The van der Waals surface area contributed by atoms with Crippen LogP contribution in [0.25, 0.3) is 0 Å².